The van der Waals surface area contributed by atoms with Gasteiger partial charge >= 0.3 is 10.0 Å². The summed E-state index contributed by atoms with van der Waals surface area (Å²) in [6.45, 7) is 4.59. The smallest absolute Gasteiger partial charge is 0.508 e. The average Bonchev–Trinajstić information content (AvgIpc) is 3.06. The van der Waals surface area contributed by atoms with Crippen LogP contribution >= 0.6 is 0 Å². The monoisotopic (exact) mass is 635 g/mol. The molecule has 0 unspecified atom stereocenters. The molecule has 2 radical (unpaired) electrons. The third-order valence-corrected chi connectivity index (χ3v) is 9.89. The van der Waals surface area contributed by atoms with Gasteiger partial charge in [-0.1, -0.05) is 192 Å². The van der Waals surface area contributed by atoms with Gasteiger partial charge < -0.3 is 8.85 Å². The van der Waals surface area contributed by atoms with E-state index in [0.717, 1.165) is 24.3 Å². The number of benzene rings is 2. The van der Waals surface area contributed by atoms with E-state index in [1.807, 2.05) is 0 Å². The lowest BCUT2D eigenvalue weighted by Gasteiger charge is -2.09. The maximum atomic E-state index is 6.00. The van der Waals surface area contributed by atoms with Gasteiger partial charge in [-0.15, -0.1) is 0 Å². The quantitative estimate of drug-likeness (QED) is 0.0589. The van der Waals surface area contributed by atoms with Crippen molar-refractivity contribution in [1.82, 2.24) is 0 Å². The largest absolute Gasteiger partial charge is 0.610 e. The van der Waals surface area contributed by atoms with E-state index >= 15 is 0 Å². The van der Waals surface area contributed by atoms with Gasteiger partial charge in [0.2, 0.25) is 0 Å². The second kappa shape index (κ2) is 29.6. The van der Waals surface area contributed by atoms with Gasteiger partial charge in [0.15, 0.2) is 0 Å². The first-order valence-corrected chi connectivity index (χ1v) is 20.4. The van der Waals surface area contributed by atoms with E-state index in [0.29, 0.717) is 0 Å². The van der Waals surface area contributed by atoms with Crippen LogP contribution in [0.25, 0.3) is 0 Å². The molecule has 2 rings (SSSR count). The summed E-state index contributed by atoms with van der Waals surface area (Å²) in [5, 5.41) is 0. The SMILES string of the molecule is CCCCCCCCCCCCCCCc1cccc(O[Si]Oc2cccc(CCCCCCCCCCCCCCC)c2)c1. The summed E-state index contributed by atoms with van der Waals surface area (Å²) >= 11 is 0. The summed E-state index contributed by atoms with van der Waals surface area (Å²) in [7, 11) is -0.0182. The highest BCUT2D eigenvalue weighted by molar-refractivity contribution is 6.20. The predicted octanol–water partition coefficient (Wildman–Crippen LogP) is 13.9. The van der Waals surface area contributed by atoms with Gasteiger partial charge in [0, 0.05) is 0 Å². The first kappa shape index (κ1) is 39.4. The molecule has 0 saturated heterocycles. The van der Waals surface area contributed by atoms with Crippen molar-refractivity contribution in [2.24, 2.45) is 0 Å². The van der Waals surface area contributed by atoms with Crippen LogP contribution in [0.1, 0.15) is 192 Å². The Kier molecular flexibility index (Phi) is 26.0. The Balaban J connectivity index is 1.46. The molecule has 2 nitrogen and oxygen atoms in total. The molecule has 2 aromatic rings. The molecule has 0 N–H and O–H groups in total. The minimum atomic E-state index is -0.0182. The third kappa shape index (κ3) is 23.3. The van der Waals surface area contributed by atoms with Crippen LogP contribution in [0.5, 0.6) is 11.5 Å². The molecule has 3 heteroatoms. The summed E-state index contributed by atoms with van der Waals surface area (Å²) in [4.78, 5) is 0. The van der Waals surface area contributed by atoms with Crippen LogP contribution < -0.4 is 8.85 Å². The fraction of sp³-hybridized carbons (Fsp3) is 0.714. The average molecular weight is 635 g/mol. The van der Waals surface area contributed by atoms with E-state index in [2.05, 4.69) is 62.4 Å². The second-order valence-electron chi connectivity index (χ2n) is 13.6. The number of hydrogen-bond acceptors (Lipinski definition) is 2. The van der Waals surface area contributed by atoms with Gasteiger partial charge in [-0.05, 0) is 61.1 Å². The molecule has 0 bridgehead atoms. The summed E-state index contributed by atoms with van der Waals surface area (Å²) in [6, 6.07) is 17.2. The maximum absolute atomic E-state index is 6.00. The van der Waals surface area contributed by atoms with E-state index in [9.17, 15) is 0 Å². The van der Waals surface area contributed by atoms with Crippen LogP contribution in [0.4, 0.5) is 0 Å². The van der Waals surface area contributed by atoms with Gasteiger partial charge in [-0.2, -0.15) is 0 Å². The van der Waals surface area contributed by atoms with Crippen molar-refractivity contribution < 1.29 is 8.85 Å². The van der Waals surface area contributed by atoms with E-state index in [1.54, 1.807) is 0 Å². The van der Waals surface area contributed by atoms with Crippen LogP contribution in [-0.2, 0) is 12.8 Å². The van der Waals surface area contributed by atoms with Crippen molar-refractivity contribution in [1.29, 1.82) is 0 Å². The number of aryl methyl sites for hydroxylation is 2. The molecule has 0 heterocycles. The molecule has 0 aliphatic carbocycles. The highest BCUT2D eigenvalue weighted by Gasteiger charge is 2.04. The van der Waals surface area contributed by atoms with Crippen LogP contribution in [0.15, 0.2) is 48.5 Å². The first-order valence-electron chi connectivity index (χ1n) is 19.6. The molecule has 0 saturated carbocycles. The zero-order valence-electron chi connectivity index (χ0n) is 29.7. The van der Waals surface area contributed by atoms with Crippen LogP contribution in [0, 0.1) is 0 Å². The lowest BCUT2D eigenvalue weighted by molar-refractivity contribution is 0.458. The van der Waals surface area contributed by atoms with Gasteiger partial charge in [-0.3, -0.25) is 0 Å². The van der Waals surface area contributed by atoms with Gasteiger partial charge in [-0.25, -0.2) is 0 Å². The molecule has 0 atom stereocenters. The van der Waals surface area contributed by atoms with Gasteiger partial charge in [0.05, 0.1) is 0 Å². The van der Waals surface area contributed by atoms with Crippen molar-refractivity contribution in [3.05, 3.63) is 59.7 Å². The standard InChI is InChI=1S/C42H70O2Si/c1-3-5-7-9-11-13-15-17-19-21-23-25-27-31-39-33-29-35-41(37-39)43-45-44-42-36-30-34-40(38-42)32-28-26-24-22-20-18-16-14-12-10-8-6-4-2/h29-30,33-38H,3-28,31-32H2,1-2H3. The Hall–Kier alpha value is -1.74. The predicted molar refractivity (Wildman–Crippen MR) is 199 cm³/mol. The fourth-order valence-electron chi connectivity index (χ4n) is 6.34. The molecule has 0 aliphatic heterocycles. The van der Waals surface area contributed by atoms with Crippen LogP contribution in [0.2, 0.25) is 0 Å². The second-order valence-corrected chi connectivity index (χ2v) is 14.1. The Morgan fingerprint density at radius 3 is 0.978 bits per heavy atom. The van der Waals surface area contributed by atoms with Crippen molar-refractivity contribution in [2.45, 2.75) is 194 Å². The van der Waals surface area contributed by atoms with E-state index < -0.39 is 0 Å². The number of rotatable bonds is 32. The zero-order valence-corrected chi connectivity index (χ0v) is 30.7. The highest BCUT2D eigenvalue weighted by atomic mass is 28.3. The number of unbranched alkanes of at least 4 members (excludes halogenated alkanes) is 24. The lowest BCUT2D eigenvalue weighted by Crippen LogP contribution is -2.11. The van der Waals surface area contributed by atoms with E-state index in [-0.39, 0.29) is 10.0 Å². The molecule has 2 aromatic carbocycles. The van der Waals surface area contributed by atoms with Crippen LogP contribution in [-0.4, -0.2) is 10.0 Å². The van der Waals surface area contributed by atoms with E-state index in [4.69, 9.17) is 8.85 Å². The first-order chi connectivity index (χ1) is 22.3. The van der Waals surface area contributed by atoms with E-state index in [1.165, 1.54) is 178 Å². The minimum absolute atomic E-state index is 0.0182. The Labute approximate surface area is 282 Å². The molecular formula is C42H70O2Si. The number of hydrogen-bond donors (Lipinski definition) is 0. The third-order valence-electron chi connectivity index (χ3n) is 9.25. The molecular weight excluding hydrogens is 565 g/mol. The zero-order chi connectivity index (χ0) is 31.9. The van der Waals surface area contributed by atoms with Crippen molar-refractivity contribution in [2.75, 3.05) is 0 Å². The summed E-state index contributed by atoms with van der Waals surface area (Å²) in [5.41, 5.74) is 2.75. The molecule has 0 aromatic heterocycles. The summed E-state index contributed by atoms with van der Waals surface area (Å²) in [6.07, 6.45) is 38.7. The van der Waals surface area contributed by atoms with Crippen molar-refractivity contribution >= 4 is 10.0 Å². The Morgan fingerprint density at radius 2 is 0.667 bits per heavy atom. The normalized spacial score (nSPS) is 11.2. The fourth-order valence-corrected chi connectivity index (χ4v) is 6.83. The molecule has 0 fully saturated rings. The van der Waals surface area contributed by atoms with Gasteiger partial charge in [0.1, 0.15) is 11.5 Å². The molecule has 45 heavy (non-hydrogen) atoms. The molecule has 0 amide bonds. The van der Waals surface area contributed by atoms with Crippen molar-refractivity contribution in [3.63, 3.8) is 0 Å². The lowest BCUT2D eigenvalue weighted by atomic mass is 10.0. The maximum Gasteiger partial charge on any atom is 0.610 e. The highest BCUT2D eigenvalue weighted by Crippen LogP contribution is 2.20. The Bertz CT molecular complexity index is 840. The summed E-state index contributed by atoms with van der Waals surface area (Å²) < 4.78 is 12.0. The molecule has 254 valence electrons. The molecule has 0 aliphatic rings. The van der Waals surface area contributed by atoms with Crippen LogP contribution in [0.3, 0.4) is 0 Å². The molecule has 0 spiro atoms. The minimum Gasteiger partial charge on any atom is -0.508 e. The summed E-state index contributed by atoms with van der Waals surface area (Å²) in [5.74, 6) is 1.84. The topological polar surface area (TPSA) is 18.5 Å². The van der Waals surface area contributed by atoms with Crippen molar-refractivity contribution in [3.8, 4) is 11.5 Å². The van der Waals surface area contributed by atoms with Gasteiger partial charge in [0.25, 0.3) is 0 Å². The Morgan fingerprint density at radius 1 is 0.378 bits per heavy atom.